The second-order valence-corrected chi connectivity index (χ2v) is 3.53. The predicted molar refractivity (Wildman–Crippen MR) is 65.6 cm³/mol. The average molecular weight is 230 g/mol. The van der Waals surface area contributed by atoms with Crippen molar-refractivity contribution in [2.24, 2.45) is 0 Å². The number of aryl methyl sites for hydroxylation is 1. The highest BCUT2D eigenvalue weighted by atomic mass is 16.5. The highest BCUT2D eigenvalue weighted by Crippen LogP contribution is 2.21. The van der Waals surface area contributed by atoms with Gasteiger partial charge in [-0.05, 0) is 6.07 Å². The van der Waals surface area contributed by atoms with Crippen LogP contribution in [0.5, 0.6) is 5.88 Å². The fourth-order valence-corrected chi connectivity index (χ4v) is 1.50. The predicted octanol–water partition coefficient (Wildman–Crippen LogP) is 1.69. The number of aromatic nitrogens is 3. The summed E-state index contributed by atoms with van der Waals surface area (Å²) in [5, 5.41) is 0. The van der Waals surface area contributed by atoms with Crippen LogP contribution in [0.15, 0.2) is 24.4 Å². The first-order chi connectivity index (χ1) is 8.22. The summed E-state index contributed by atoms with van der Waals surface area (Å²) in [7, 11) is 1.58. The van der Waals surface area contributed by atoms with Crippen molar-refractivity contribution in [2.75, 3.05) is 12.8 Å². The number of pyridine rings is 1. The second-order valence-electron chi connectivity index (χ2n) is 3.53. The SMILES string of the molecule is CCc1nc(N)cc(-c2ccnc(OC)c2)n1. The molecule has 88 valence electrons. The molecule has 0 saturated carbocycles. The molecule has 0 aliphatic carbocycles. The molecule has 0 atom stereocenters. The molecule has 2 rings (SSSR count). The Labute approximate surface area is 99.7 Å². The molecule has 0 bridgehead atoms. The lowest BCUT2D eigenvalue weighted by Gasteiger charge is -2.05. The van der Waals surface area contributed by atoms with E-state index in [1.54, 1.807) is 19.4 Å². The maximum atomic E-state index is 5.74. The molecule has 0 aromatic carbocycles. The quantitative estimate of drug-likeness (QED) is 0.868. The molecule has 0 saturated heterocycles. The monoisotopic (exact) mass is 230 g/mol. The lowest BCUT2D eigenvalue weighted by molar-refractivity contribution is 0.398. The van der Waals surface area contributed by atoms with Gasteiger partial charge in [0.2, 0.25) is 5.88 Å². The second kappa shape index (κ2) is 4.78. The largest absolute Gasteiger partial charge is 0.481 e. The first-order valence-corrected chi connectivity index (χ1v) is 5.36. The van der Waals surface area contributed by atoms with Gasteiger partial charge < -0.3 is 10.5 Å². The highest BCUT2D eigenvalue weighted by Gasteiger charge is 2.05. The van der Waals surface area contributed by atoms with E-state index >= 15 is 0 Å². The molecule has 0 unspecified atom stereocenters. The van der Waals surface area contributed by atoms with Crippen LogP contribution in [-0.2, 0) is 6.42 Å². The van der Waals surface area contributed by atoms with Gasteiger partial charge in [0.15, 0.2) is 0 Å². The van der Waals surface area contributed by atoms with E-state index in [1.165, 1.54) is 0 Å². The third-order valence-electron chi connectivity index (χ3n) is 2.35. The van der Waals surface area contributed by atoms with Gasteiger partial charge in [0.1, 0.15) is 11.6 Å². The fraction of sp³-hybridized carbons (Fsp3) is 0.250. The molecule has 0 fully saturated rings. The van der Waals surface area contributed by atoms with Crippen LogP contribution < -0.4 is 10.5 Å². The number of nitrogens with zero attached hydrogens (tertiary/aromatic N) is 3. The van der Waals surface area contributed by atoms with E-state index in [4.69, 9.17) is 10.5 Å². The molecular formula is C12H14N4O. The van der Waals surface area contributed by atoms with E-state index < -0.39 is 0 Å². The average Bonchev–Trinajstić information content (AvgIpc) is 2.38. The molecule has 5 heteroatoms. The lowest BCUT2D eigenvalue weighted by Crippen LogP contribution is -2.00. The van der Waals surface area contributed by atoms with Crippen molar-refractivity contribution in [3.05, 3.63) is 30.2 Å². The van der Waals surface area contributed by atoms with Crippen LogP contribution in [0, 0.1) is 0 Å². The Morgan fingerprint density at radius 1 is 1.29 bits per heavy atom. The Morgan fingerprint density at radius 2 is 2.12 bits per heavy atom. The highest BCUT2D eigenvalue weighted by molar-refractivity contribution is 5.62. The molecule has 2 N–H and O–H groups in total. The summed E-state index contributed by atoms with van der Waals surface area (Å²) in [6.07, 6.45) is 2.43. The van der Waals surface area contributed by atoms with Gasteiger partial charge >= 0.3 is 0 Å². The fourth-order valence-electron chi connectivity index (χ4n) is 1.50. The Balaban J connectivity index is 2.47. The number of nitrogens with two attached hydrogens (primary N) is 1. The van der Waals surface area contributed by atoms with Gasteiger partial charge in [0.05, 0.1) is 12.8 Å². The van der Waals surface area contributed by atoms with Gasteiger partial charge in [-0.15, -0.1) is 0 Å². The number of hydrogen-bond donors (Lipinski definition) is 1. The van der Waals surface area contributed by atoms with Crippen molar-refractivity contribution >= 4 is 5.82 Å². The van der Waals surface area contributed by atoms with Gasteiger partial charge in [-0.3, -0.25) is 0 Å². The van der Waals surface area contributed by atoms with Crippen LogP contribution in [0.25, 0.3) is 11.3 Å². The van der Waals surface area contributed by atoms with Crippen LogP contribution in [0.2, 0.25) is 0 Å². The first kappa shape index (κ1) is 11.3. The molecule has 2 aromatic heterocycles. The number of rotatable bonds is 3. The number of ether oxygens (including phenoxy) is 1. The van der Waals surface area contributed by atoms with Gasteiger partial charge in [0.25, 0.3) is 0 Å². The van der Waals surface area contributed by atoms with Crippen LogP contribution in [0.3, 0.4) is 0 Å². The van der Waals surface area contributed by atoms with Crippen LogP contribution in [-0.4, -0.2) is 22.1 Å². The van der Waals surface area contributed by atoms with E-state index in [2.05, 4.69) is 15.0 Å². The number of hydrogen-bond acceptors (Lipinski definition) is 5. The first-order valence-electron chi connectivity index (χ1n) is 5.36. The van der Waals surface area contributed by atoms with Gasteiger partial charge in [-0.1, -0.05) is 6.92 Å². The van der Waals surface area contributed by atoms with Gasteiger partial charge in [-0.25, -0.2) is 15.0 Å². The summed E-state index contributed by atoms with van der Waals surface area (Å²) in [4.78, 5) is 12.6. The van der Waals surface area contributed by atoms with E-state index in [9.17, 15) is 0 Å². The van der Waals surface area contributed by atoms with E-state index in [1.807, 2.05) is 19.1 Å². The maximum absolute atomic E-state index is 5.74. The molecule has 5 nitrogen and oxygen atoms in total. The van der Waals surface area contributed by atoms with Crippen molar-refractivity contribution in [3.8, 4) is 17.1 Å². The molecule has 17 heavy (non-hydrogen) atoms. The zero-order valence-electron chi connectivity index (χ0n) is 9.84. The van der Waals surface area contributed by atoms with Crippen LogP contribution >= 0.6 is 0 Å². The molecular weight excluding hydrogens is 216 g/mol. The Kier molecular flexibility index (Phi) is 3.18. The van der Waals surface area contributed by atoms with Gasteiger partial charge in [0, 0.05) is 30.3 Å². The summed E-state index contributed by atoms with van der Waals surface area (Å²) in [6, 6.07) is 5.43. The number of anilines is 1. The molecule has 2 aromatic rings. The minimum Gasteiger partial charge on any atom is -0.481 e. The van der Waals surface area contributed by atoms with Crippen molar-refractivity contribution < 1.29 is 4.74 Å². The Hall–Kier alpha value is -2.17. The molecule has 0 aliphatic rings. The van der Waals surface area contributed by atoms with Crippen LogP contribution in [0.4, 0.5) is 5.82 Å². The molecule has 0 aliphatic heterocycles. The van der Waals surface area contributed by atoms with Crippen molar-refractivity contribution in [2.45, 2.75) is 13.3 Å². The topological polar surface area (TPSA) is 73.9 Å². The number of nitrogen functional groups attached to an aromatic ring is 1. The van der Waals surface area contributed by atoms with Crippen molar-refractivity contribution in [3.63, 3.8) is 0 Å². The minimum atomic E-state index is 0.475. The lowest BCUT2D eigenvalue weighted by atomic mass is 10.2. The smallest absolute Gasteiger partial charge is 0.213 e. The summed E-state index contributed by atoms with van der Waals surface area (Å²) in [5.41, 5.74) is 7.45. The van der Waals surface area contributed by atoms with Crippen molar-refractivity contribution in [1.82, 2.24) is 15.0 Å². The summed E-state index contributed by atoms with van der Waals surface area (Å²) in [5.74, 6) is 1.76. The maximum Gasteiger partial charge on any atom is 0.213 e. The molecule has 2 heterocycles. The third kappa shape index (κ3) is 2.50. The molecule has 0 spiro atoms. The summed E-state index contributed by atoms with van der Waals surface area (Å²) >= 11 is 0. The molecule has 0 radical (unpaired) electrons. The molecule has 0 amide bonds. The summed E-state index contributed by atoms with van der Waals surface area (Å²) < 4.78 is 5.08. The number of methoxy groups -OCH3 is 1. The zero-order valence-corrected chi connectivity index (χ0v) is 9.84. The summed E-state index contributed by atoms with van der Waals surface area (Å²) in [6.45, 7) is 1.99. The standard InChI is InChI=1S/C12H14N4O/c1-3-11-15-9(7-10(13)16-11)8-4-5-14-12(6-8)17-2/h4-7H,3H2,1-2H3,(H2,13,15,16). The Bertz CT molecular complexity index is 528. The van der Waals surface area contributed by atoms with Gasteiger partial charge in [-0.2, -0.15) is 0 Å². The van der Waals surface area contributed by atoms with E-state index in [0.717, 1.165) is 23.5 Å². The minimum absolute atomic E-state index is 0.475. The van der Waals surface area contributed by atoms with E-state index in [0.29, 0.717) is 11.7 Å². The van der Waals surface area contributed by atoms with Crippen LogP contribution in [0.1, 0.15) is 12.7 Å². The Morgan fingerprint density at radius 3 is 2.82 bits per heavy atom. The normalized spacial score (nSPS) is 10.2. The van der Waals surface area contributed by atoms with E-state index in [-0.39, 0.29) is 0 Å². The zero-order chi connectivity index (χ0) is 12.3. The third-order valence-corrected chi connectivity index (χ3v) is 2.35. The van der Waals surface area contributed by atoms with Crippen molar-refractivity contribution in [1.29, 1.82) is 0 Å².